The lowest BCUT2D eigenvalue weighted by Gasteiger charge is -2.12. The zero-order chi connectivity index (χ0) is 18.4. The number of amides is 2. The number of aryl methyl sites for hydroxylation is 1. The second-order valence-corrected chi connectivity index (χ2v) is 6.54. The number of carbonyl (C=O) groups is 2. The van der Waals surface area contributed by atoms with E-state index in [1.165, 1.54) is 17.4 Å². The van der Waals surface area contributed by atoms with Crippen molar-refractivity contribution >= 4 is 40.4 Å². The molecule has 0 atom stereocenters. The molecule has 0 unspecified atom stereocenters. The minimum atomic E-state index is -4.62. The molecule has 0 spiro atoms. The van der Waals surface area contributed by atoms with E-state index < -0.39 is 22.7 Å². The molecule has 1 aromatic carbocycles. The van der Waals surface area contributed by atoms with E-state index in [0.717, 1.165) is 17.0 Å². The highest BCUT2D eigenvalue weighted by molar-refractivity contribution is 7.09. The molecule has 2 rings (SSSR count). The van der Waals surface area contributed by atoms with E-state index >= 15 is 0 Å². The Kier molecular flexibility index (Phi) is 6.44. The van der Waals surface area contributed by atoms with Crippen LogP contribution in [0.5, 0.6) is 0 Å². The maximum absolute atomic E-state index is 12.8. The van der Waals surface area contributed by atoms with Crippen LogP contribution in [0.25, 0.3) is 0 Å². The van der Waals surface area contributed by atoms with E-state index in [0.29, 0.717) is 6.42 Å². The third-order valence-corrected chi connectivity index (χ3v) is 4.45. The summed E-state index contributed by atoms with van der Waals surface area (Å²) in [6.07, 6.45) is -3.82. The van der Waals surface area contributed by atoms with E-state index in [9.17, 15) is 22.8 Å². The predicted molar refractivity (Wildman–Crippen MR) is 90.7 cm³/mol. The maximum Gasteiger partial charge on any atom is 0.417 e. The third kappa shape index (κ3) is 6.06. The first kappa shape index (κ1) is 19.3. The van der Waals surface area contributed by atoms with Gasteiger partial charge in [-0.1, -0.05) is 17.7 Å². The van der Waals surface area contributed by atoms with Gasteiger partial charge in [0, 0.05) is 17.0 Å². The monoisotopic (exact) mass is 390 g/mol. The first-order valence-electron chi connectivity index (χ1n) is 7.21. The number of halogens is 4. The van der Waals surface area contributed by atoms with Crippen molar-refractivity contribution in [1.82, 2.24) is 5.32 Å². The Bertz CT molecular complexity index is 748. The lowest BCUT2D eigenvalue weighted by Crippen LogP contribution is -2.33. The van der Waals surface area contributed by atoms with Crippen LogP contribution in [0.4, 0.5) is 18.9 Å². The fourth-order valence-electron chi connectivity index (χ4n) is 1.98. The van der Waals surface area contributed by atoms with E-state index in [-0.39, 0.29) is 24.6 Å². The summed E-state index contributed by atoms with van der Waals surface area (Å²) >= 11 is 7.04. The highest BCUT2D eigenvalue weighted by atomic mass is 35.5. The van der Waals surface area contributed by atoms with Gasteiger partial charge in [0.25, 0.3) is 0 Å². The molecule has 134 valence electrons. The van der Waals surface area contributed by atoms with Gasteiger partial charge in [0.1, 0.15) is 0 Å². The predicted octanol–water partition coefficient (Wildman–Crippen LogP) is 4.11. The van der Waals surface area contributed by atoms with Crippen LogP contribution in [-0.2, 0) is 22.2 Å². The third-order valence-electron chi connectivity index (χ3n) is 3.18. The van der Waals surface area contributed by atoms with E-state index in [2.05, 4.69) is 10.6 Å². The topological polar surface area (TPSA) is 58.2 Å². The van der Waals surface area contributed by atoms with Crippen LogP contribution in [-0.4, -0.2) is 18.4 Å². The number of hydrogen-bond acceptors (Lipinski definition) is 3. The Morgan fingerprint density at radius 2 is 1.92 bits per heavy atom. The Hall–Kier alpha value is -2.06. The van der Waals surface area contributed by atoms with Crippen molar-refractivity contribution in [2.45, 2.75) is 19.0 Å². The fourth-order valence-corrected chi connectivity index (χ4v) is 2.92. The van der Waals surface area contributed by atoms with Gasteiger partial charge >= 0.3 is 6.18 Å². The first-order chi connectivity index (χ1) is 11.8. The molecule has 25 heavy (non-hydrogen) atoms. The molecule has 2 aromatic rings. The molecular formula is C16H14ClF3N2O2S. The van der Waals surface area contributed by atoms with E-state index in [1.54, 1.807) is 0 Å². The number of benzene rings is 1. The first-order valence-corrected chi connectivity index (χ1v) is 8.47. The largest absolute Gasteiger partial charge is 0.417 e. The molecule has 9 heteroatoms. The highest BCUT2D eigenvalue weighted by Gasteiger charge is 2.33. The zero-order valence-electron chi connectivity index (χ0n) is 12.8. The van der Waals surface area contributed by atoms with Gasteiger partial charge in [-0.3, -0.25) is 9.59 Å². The molecule has 1 aromatic heterocycles. The van der Waals surface area contributed by atoms with Gasteiger partial charge in [0.15, 0.2) is 0 Å². The standard InChI is InChI=1S/C16H14ClF3N2O2S/c17-13-5-3-10(8-12(13)16(18,19)20)22-15(24)9-21-14(23)6-4-11-2-1-7-25-11/h1-3,5,7-8H,4,6,9H2,(H,21,23)(H,22,24). The van der Waals surface area contributed by atoms with Crippen molar-refractivity contribution in [2.75, 3.05) is 11.9 Å². The van der Waals surface area contributed by atoms with Crippen molar-refractivity contribution in [3.63, 3.8) is 0 Å². The molecule has 0 saturated carbocycles. The van der Waals surface area contributed by atoms with Crippen molar-refractivity contribution in [3.05, 3.63) is 51.2 Å². The van der Waals surface area contributed by atoms with Crippen molar-refractivity contribution < 1.29 is 22.8 Å². The van der Waals surface area contributed by atoms with Gasteiger partial charge in [0.2, 0.25) is 11.8 Å². The Labute approximate surface area is 151 Å². The fraction of sp³-hybridized carbons (Fsp3) is 0.250. The summed E-state index contributed by atoms with van der Waals surface area (Å²) in [5.41, 5.74) is -1.08. The molecule has 0 aliphatic rings. The average molecular weight is 391 g/mol. The summed E-state index contributed by atoms with van der Waals surface area (Å²) in [6, 6.07) is 6.85. The summed E-state index contributed by atoms with van der Waals surface area (Å²) < 4.78 is 38.3. The zero-order valence-corrected chi connectivity index (χ0v) is 14.4. The van der Waals surface area contributed by atoms with Crippen LogP contribution in [0.1, 0.15) is 16.9 Å². The second-order valence-electron chi connectivity index (χ2n) is 5.10. The molecule has 1 heterocycles. The van der Waals surface area contributed by atoms with E-state index in [1.807, 2.05) is 17.5 Å². The number of carbonyl (C=O) groups excluding carboxylic acids is 2. The van der Waals surface area contributed by atoms with Crippen LogP contribution in [0.3, 0.4) is 0 Å². The number of rotatable bonds is 6. The molecule has 2 amide bonds. The summed E-state index contributed by atoms with van der Waals surface area (Å²) in [4.78, 5) is 24.5. The molecule has 0 aliphatic heterocycles. The minimum Gasteiger partial charge on any atom is -0.347 e. The van der Waals surface area contributed by atoms with Gasteiger partial charge < -0.3 is 10.6 Å². The minimum absolute atomic E-state index is 0.0467. The Morgan fingerprint density at radius 3 is 2.56 bits per heavy atom. The number of hydrogen-bond donors (Lipinski definition) is 2. The quantitative estimate of drug-likeness (QED) is 0.780. The molecule has 4 nitrogen and oxygen atoms in total. The molecular weight excluding hydrogens is 377 g/mol. The van der Waals surface area contributed by atoms with Crippen LogP contribution < -0.4 is 10.6 Å². The average Bonchev–Trinajstić information content (AvgIpc) is 3.05. The summed E-state index contributed by atoms with van der Waals surface area (Å²) in [6.45, 7) is -0.326. The Morgan fingerprint density at radius 1 is 1.16 bits per heavy atom. The SMILES string of the molecule is O=C(CCc1cccs1)NCC(=O)Nc1ccc(Cl)c(C(F)(F)F)c1. The second kappa shape index (κ2) is 8.35. The van der Waals surface area contributed by atoms with Gasteiger partial charge in [-0.25, -0.2) is 0 Å². The molecule has 0 saturated heterocycles. The van der Waals surface area contributed by atoms with Crippen LogP contribution in [0.15, 0.2) is 35.7 Å². The molecule has 0 fully saturated rings. The van der Waals surface area contributed by atoms with Crippen LogP contribution >= 0.6 is 22.9 Å². The maximum atomic E-state index is 12.8. The van der Waals surface area contributed by atoms with Crippen molar-refractivity contribution in [3.8, 4) is 0 Å². The number of thiophene rings is 1. The molecule has 2 N–H and O–H groups in total. The summed E-state index contributed by atoms with van der Waals surface area (Å²) in [5.74, 6) is -0.935. The number of nitrogens with one attached hydrogen (secondary N) is 2. The molecule has 0 bridgehead atoms. The normalized spacial score (nSPS) is 11.2. The van der Waals surface area contributed by atoms with Gasteiger partial charge in [-0.05, 0) is 36.1 Å². The lowest BCUT2D eigenvalue weighted by molar-refractivity contribution is -0.137. The van der Waals surface area contributed by atoms with Gasteiger partial charge in [-0.2, -0.15) is 13.2 Å². The summed E-state index contributed by atoms with van der Waals surface area (Å²) in [7, 11) is 0. The van der Waals surface area contributed by atoms with E-state index in [4.69, 9.17) is 11.6 Å². The number of alkyl halides is 3. The highest BCUT2D eigenvalue weighted by Crippen LogP contribution is 2.36. The van der Waals surface area contributed by atoms with Gasteiger partial charge in [0.05, 0.1) is 17.1 Å². The smallest absolute Gasteiger partial charge is 0.347 e. The van der Waals surface area contributed by atoms with Gasteiger partial charge in [-0.15, -0.1) is 11.3 Å². The Balaban J connectivity index is 1.83. The van der Waals surface area contributed by atoms with Crippen LogP contribution in [0.2, 0.25) is 5.02 Å². The van der Waals surface area contributed by atoms with Crippen LogP contribution in [0, 0.1) is 0 Å². The van der Waals surface area contributed by atoms with Crippen molar-refractivity contribution in [2.24, 2.45) is 0 Å². The molecule has 0 radical (unpaired) electrons. The molecule has 0 aliphatic carbocycles. The number of anilines is 1. The summed E-state index contributed by atoms with van der Waals surface area (Å²) in [5, 5.41) is 6.18. The lowest BCUT2D eigenvalue weighted by atomic mass is 10.2. The van der Waals surface area contributed by atoms with Crippen molar-refractivity contribution in [1.29, 1.82) is 0 Å².